The average molecular weight is 340 g/mol. The number of carbonyl (C=O) groups excluding carboxylic acids is 1. The Morgan fingerprint density at radius 3 is 2.80 bits per heavy atom. The van der Waals surface area contributed by atoms with Crippen molar-refractivity contribution in [1.29, 1.82) is 0 Å². The van der Waals surface area contributed by atoms with E-state index in [0.29, 0.717) is 29.7 Å². The molecular weight excluding hydrogens is 319 g/mol. The van der Waals surface area contributed by atoms with Crippen molar-refractivity contribution in [1.82, 2.24) is 10.2 Å². The van der Waals surface area contributed by atoms with Crippen molar-refractivity contribution in [3.8, 4) is 16.9 Å². The predicted octanol–water partition coefficient (Wildman–Crippen LogP) is 2.89. The lowest BCUT2D eigenvalue weighted by Crippen LogP contribution is -2.29. The van der Waals surface area contributed by atoms with Gasteiger partial charge < -0.3 is 15.0 Å². The molecule has 0 saturated carbocycles. The lowest BCUT2D eigenvalue weighted by atomic mass is 9.86. The van der Waals surface area contributed by atoms with E-state index in [1.165, 1.54) is 19.2 Å². The first-order chi connectivity index (χ1) is 12.1. The van der Waals surface area contributed by atoms with Gasteiger partial charge in [0.25, 0.3) is 5.91 Å². The summed E-state index contributed by atoms with van der Waals surface area (Å²) in [6, 6.07) is 10.4. The van der Waals surface area contributed by atoms with Crippen molar-refractivity contribution < 1.29 is 13.9 Å². The molecular formula is C20H21FN2O2. The normalized spacial score (nSPS) is 22.8. The molecule has 4 rings (SSSR count). The molecule has 0 radical (unpaired) electrons. The third-order valence-corrected chi connectivity index (χ3v) is 5.32. The van der Waals surface area contributed by atoms with Crippen LogP contribution in [0.5, 0.6) is 5.75 Å². The Morgan fingerprint density at radius 2 is 2.00 bits per heavy atom. The number of rotatable bonds is 2. The summed E-state index contributed by atoms with van der Waals surface area (Å²) in [6.07, 6.45) is 0. The van der Waals surface area contributed by atoms with Crippen molar-refractivity contribution in [2.75, 3.05) is 33.8 Å². The van der Waals surface area contributed by atoms with E-state index in [0.717, 1.165) is 29.8 Å². The smallest absolute Gasteiger partial charge is 0.251 e. The molecule has 1 amide bonds. The highest BCUT2D eigenvalue weighted by Crippen LogP contribution is 2.38. The van der Waals surface area contributed by atoms with Gasteiger partial charge in [0.15, 0.2) is 0 Å². The maximum Gasteiger partial charge on any atom is 0.251 e. The van der Waals surface area contributed by atoms with E-state index in [1.807, 2.05) is 12.1 Å². The molecule has 2 aromatic rings. The number of carbonyl (C=O) groups is 1. The van der Waals surface area contributed by atoms with Gasteiger partial charge in [0.1, 0.15) is 11.6 Å². The molecule has 130 valence electrons. The van der Waals surface area contributed by atoms with Crippen LogP contribution in [0.2, 0.25) is 0 Å². The van der Waals surface area contributed by atoms with Gasteiger partial charge in [0.05, 0.1) is 7.11 Å². The zero-order valence-electron chi connectivity index (χ0n) is 14.4. The number of halogens is 1. The van der Waals surface area contributed by atoms with E-state index in [9.17, 15) is 9.18 Å². The van der Waals surface area contributed by atoms with Crippen molar-refractivity contribution in [2.24, 2.45) is 5.92 Å². The van der Waals surface area contributed by atoms with Gasteiger partial charge in [0, 0.05) is 42.7 Å². The molecule has 0 aliphatic carbocycles. The Balaban J connectivity index is 1.81. The molecule has 2 aromatic carbocycles. The van der Waals surface area contributed by atoms with Crippen molar-refractivity contribution >= 4 is 5.91 Å². The molecule has 2 aliphatic rings. The molecule has 0 spiro atoms. The molecule has 0 unspecified atom stereocenters. The van der Waals surface area contributed by atoms with E-state index in [4.69, 9.17) is 4.74 Å². The number of nitrogens with one attached hydrogen (secondary N) is 1. The number of likely N-dealkylation sites (N-methyl/N-ethyl adjacent to an activating group) is 1. The first-order valence-electron chi connectivity index (χ1n) is 8.51. The van der Waals surface area contributed by atoms with Gasteiger partial charge in [-0.15, -0.1) is 0 Å². The Morgan fingerprint density at radius 1 is 1.16 bits per heavy atom. The molecule has 25 heavy (non-hydrogen) atoms. The van der Waals surface area contributed by atoms with Crippen molar-refractivity contribution in [3.63, 3.8) is 0 Å². The quantitative estimate of drug-likeness (QED) is 0.914. The van der Waals surface area contributed by atoms with Gasteiger partial charge in [-0.3, -0.25) is 4.79 Å². The number of likely N-dealkylation sites (tertiary alicyclic amines) is 1. The highest BCUT2D eigenvalue weighted by Gasteiger charge is 2.36. The second-order valence-electron chi connectivity index (χ2n) is 6.94. The van der Waals surface area contributed by atoms with Crippen LogP contribution in [0.4, 0.5) is 4.39 Å². The third kappa shape index (κ3) is 2.78. The Hall–Kier alpha value is -2.40. The number of hydrogen-bond acceptors (Lipinski definition) is 3. The van der Waals surface area contributed by atoms with E-state index in [2.05, 4.69) is 23.3 Å². The maximum absolute atomic E-state index is 13.5. The topological polar surface area (TPSA) is 41.6 Å². The van der Waals surface area contributed by atoms with Gasteiger partial charge in [0.2, 0.25) is 0 Å². The number of fused-ring (bicyclic) bond motifs is 3. The standard InChI is InChI=1S/C20H21FN2O2/c1-23-10-13-9-22-20(24)17-7-12(3-5-16(17)18(13)11-23)15-6-4-14(21)8-19(15)25-2/h3-8,13,18H,9-11H2,1-2H3,(H,22,24)/t13-,18-/m1/s1. The van der Waals surface area contributed by atoms with Gasteiger partial charge in [-0.1, -0.05) is 12.1 Å². The fourth-order valence-corrected chi connectivity index (χ4v) is 4.11. The molecule has 1 saturated heterocycles. The van der Waals surface area contributed by atoms with E-state index >= 15 is 0 Å². The van der Waals surface area contributed by atoms with Crippen LogP contribution in [0, 0.1) is 11.7 Å². The number of benzene rings is 2. The predicted molar refractivity (Wildman–Crippen MR) is 94.4 cm³/mol. The van der Waals surface area contributed by atoms with Crippen LogP contribution < -0.4 is 10.1 Å². The largest absolute Gasteiger partial charge is 0.496 e. The summed E-state index contributed by atoms with van der Waals surface area (Å²) in [5.74, 6) is 0.900. The molecule has 2 atom stereocenters. The minimum atomic E-state index is -0.343. The summed E-state index contributed by atoms with van der Waals surface area (Å²) < 4.78 is 18.8. The highest BCUT2D eigenvalue weighted by atomic mass is 19.1. The van der Waals surface area contributed by atoms with Gasteiger partial charge in [-0.25, -0.2) is 4.39 Å². The number of ether oxygens (including phenoxy) is 1. The van der Waals surface area contributed by atoms with Gasteiger partial charge in [-0.05, 0) is 42.3 Å². The third-order valence-electron chi connectivity index (χ3n) is 5.32. The Kier molecular flexibility index (Phi) is 3.96. The van der Waals surface area contributed by atoms with Gasteiger partial charge >= 0.3 is 0 Å². The second kappa shape index (κ2) is 6.15. The Bertz CT molecular complexity index is 836. The van der Waals surface area contributed by atoms with Gasteiger partial charge in [-0.2, -0.15) is 0 Å². The average Bonchev–Trinajstić information content (AvgIpc) is 2.94. The number of amides is 1. The summed E-state index contributed by atoms with van der Waals surface area (Å²) in [5, 5.41) is 3.05. The summed E-state index contributed by atoms with van der Waals surface area (Å²) in [5.41, 5.74) is 3.46. The molecule has 2 heterocycles. The minimum absolute atomic E-state index is 0.0324. The zero-order valence-corrected chi connectivity index (χ0v) is 14.4. The summed E-state index contributed by atoms with van der Waals surface area (Å²) >= 11 is 0. The van der Waals surface area contributed by atoms with Crippen LogP contribution >= 0.6 is 0 Å². The molecule has 0 bridgehead atoms. The first kappa shape index (κ1) is 16.1. The van der Waals surface area contributed by atoms with Crippen LogP contribution in [-0.2, 0) is 0 Å². The lowest BCUT2D eigenvalue weighted by molar-refractivity contribution is 0.0951. The van der Waals surface area contributed by atoms with Crippen LogP contribution in [0.3, 0.4) is 0 Å². The molecule has 2 aliphatic heterocycles. The zero-order chi connectivity index (χ0) is 17.6. The summed E-state index contributed by atoms with van der Waals surface area (Å²) in [4.78, 5) is 14.9. The fraction of sp³-hybridized carbons (Fsp3) is 0.350. The molecule has 0 aromatic heterocycles. The van der Waals surface area contributed by atoms with Crippen LogP contribution in [0.15, 0.2) is 36.4 Å². The second-order valence-corrected chi connectivity index (χ2v) is 6.94. The van der Waals surface area contributed by atoms with Crippen LogP contribution in [-0.4, -0.2) is 44.6 Å². The fourth-order valence-electron chi connectivity index (χ4n) is 4.11. The lowest BCUT2D eigenvalue weighted by Gasteiger charge is -2.17. The summed E-state index contributed by atoms with van der Waals surface area (Å²) in [7, 11) is 3.64. The van der Waals surface area contributed by atoms with Crippen LogP contribution in [0.1, 0.15) is 21.8 Å². The van der Waals surface area contributed by atoms with Crippen molar-refractivity contribution in [2.45, 2.75) is 5.92 Å². The maximum atomic E-state index is 13.5. The molecule has 4 nitrogen and oxygen atoms in total. The Labute approximate surface area is 146 Å². The monoisotopic (exact) mass is 340 g/mol. The molecule has 1 N–H and O–H groups in total. The summed E-state index contributed by atoms with van der Waals surface area (Å²) in [6.45, 7) is 2.67. The van der Waals surface area contributed by atoms with Crippen LogP contribution in [0.25, 0.3) is 11.1 Å². The number of methoxy groups -OCH3 is 1. The molecule has 5 heteroatoms. The van der Waals surface area contributed by atoms with E-state index in [-0.39, 0.29) is 11.7 Å². The van der Waals surface area contributed by atoms with Crippen molar-refractivity contribution in [3.05, 3.63) is 53.3 Å². The first-order valence-corrected chi connectivity index (χ1v) is 8.51. The number of hydrogen-bond donors (Lipinski definition) is 1. The van der Waals surface area contributed by atoms with E-state index < -0.39 is 0 Å². The SMILES string of the molecule is COc1cc(F)ccc1-c1ccc2c(c1)C(=O)NC[C@@H]1CN(C)C[C@@H]21. The molecule has 1 fully saturated rings. The highest BCUT2D eigenvalue weighted by molar-refractivity contribution is 5.98. The van der Waals surface area contributed by atoms with E-state index in [1.54, 1.807) is 6.07 Å². The number of nitrogens with zero attached hydrogens (tertiary/aromatic N) is 1. The minimum Gasteiger partial charge on any atom is -0.496 e.